The number of carbonyl (C=O) groups is 1. The van der Waals surface area contributed by atoms with Gasteiger partial charge in [0.1, 0.15) is 0 Å². The van der Waals surface area contributed by atoms with E-state index in [9.17, 15) is 4.79 Å². The Kier molecular flexibility index (Phi) is 6.17. The molecular weight excluding hydrogens is 350 g/mol. The minimum Gasteiger partial charge on any atom is -0.330 e. The molecule has 0 unspecified atom stereocenters. The van der Waals surface area contributed by atoms with Crippen LogP contribution in [0.1, 0.15) is 32.1 Å². The fraction of sp³-hybridized carbons (Fsp3) is 0.500. The van der Waals surface area contributed by atoms with E-state index in [1.807, 2.05) is 24.3 Å². The minimum absolute atomic E-state index is 0.262. The van der Waals surface area contributed by atoms with Gasteiger partial charge in [-0.15, -0.1) is 0 Å². The van der Waals surface area contributed by atoms with E-state index in [4.69, 9.17) is 0 Å². The number of para-hydroxylation sites is 1. The van der Waals surface area contributed by atoms with E-state index >= 15 is 0 Å². The summed E-state index contributed by atoms with van der Waals surface area (Å²) in [6.07, 6.45) is 9.56. The van der Waals surface area contributed by atoms with E-state index in [1.165, 1.54) is 24.2 Å². The summed E-state index contributed by atoms with van der Waals surface area (Å²) >= 11 is 0. The Hall–Kier alpha value is -2.47. The number of amides is 1. The second kappa shape index (κ2) is 9.15. The molecule has 1 aromatic heterocycles. The van der Waals surface area contributed by atoms with Crippen LogP contribution in [0.15, 0.2) is 48.8 Å². The van der Waals surface area contributed by atoms with Gasteiger partial charge in [0.05, 0.1) is 26.2 Å². The maximum Gasteiger partial charge on any atom is 0.282 e. The molecule has 1 aromatic carbocycles. The normalized spacial score (nSPS) is 18.8. The number of nitrogens with zero attached hydrogens (tertiary/aromatic N) is 4. The quantitative estimate of drug-likeness (QED) is 0.855. The van der Waals surface area contributed by atoms with Crippen LogP contribution in [0, 0.1) is 0 Å². The molecule has 2 heterocycles. The lowest BCUT2D eigenvalue weighted by Crippen LogP contribution is -3.16. The molecule has 1 amide bonds. The topological polar surface area (TPSA) is 53.8 Å². The molecule has 1 aliphatic heterocycles. The molecular formula is C22H30N5O+. The lowest BCUT2D eigenvalue weighted by Gasteiger charge is -2.36. The van der Waals surface area contributed by atoms with Crippen LogP contribution in [-0.2, 0) is 4.79 Å². The zero-order valence-electron chi connectivity index (χ0n) is 16.5. The molecule has 1 aliphatic carbocycles. The van der Waals surface area contributed by atoms with Crippen molar-refractivity contribution >= 4 is 17.5 Å². The van der Waals surface area contributed by atoms with Crippen LogP contribution in [-0.4, -0.2) is 54.6 Å². The van der Waals surface area contributed by atoms with Gasteiger partial charge in [-0.2, -0.15) is 0 Å². The molecule has 0 bridgehead atoms. The van der Waals surface area contributed by atoms with Gasteiger partial charge >= 0.3 is 0 Å². The van der Waals surface area contributed by atoms with Crippen LogP contribution < -0.4 is 14.7 Å². The lowest BCUT2D eigenvalue weighted by atomic mass is 9.93. The maximum atomic E-state index is 13.3. The van der Waals surface area contributed by atoms with E-state index in [-0.39, 0.29) is 5.91 Å². The van der Waals surface area contributed by atoms with Gasteiger partial charge in [0.25, 0.3) is 5.91 Å². The lowest BCUT2D eigenvalue weighted by molar-refractivity contribution is -0.892. The summed E-state index contributed by atoms with van der Waals surface area (Å²) in [5, 5.41) is 0. The summed E-state index contributed by atoms with van der Waals surface area (Å²) in [5.74, 6) is 1.05. The van der Waals surface area contributed by atoms with Gasteiger partial charge in [0.2, 0.25) is 5.95 Å². The van der Waals surface area contributed by atoms with Crippen LogP contribution in [0.3, 0.4) is 0 Å². The number of quaternary nitrogens is 1. The summed E-state index contributed by atoms with van der Waals surface area (Å²) in [6.45, 7) is 4.23. The summed E-state index contributed by atoms with van der Waals surface area (Å²) in [6, 6.07) is 12.4. The maximum absolute atomic E-state index is 13.3. The van der Waals surface area contributed by atoms with E-state index in [0.29, 0.717) is 12.6 Å². The number of aromatic nitrogens is 2. The Morgan fingerprint density at radius 3 is 2.36 bits per heavy atom. The average Bonchev–Trinajstić information content (AvgIpc) is 2.77. The number of piperazine rings is 1. The van der Waals surface area contributed by atoms with Gasteiger partial charge in [-0.1, -0.05) is 37.5 Å². The van der Waals surface area contributed by atoms with Crippen molar-refractivity contribution in [2.45, 2.75) is 38.1 Å². The number of hydrogen-bond donors (Lipinski definition) is 1. The highest BCUT2D eigenvalue weighted by atomic mass is 16.2. The Balaban J connectivity index is 1.39. The Morgan fingerprint density at radius 1 is 1.00 bits per heavy atom. The zero-order valence-corrected chi connectivity index (χ0v) is 16.5. The number of benzene rings is 1. The molecule has 28 heavy (non-hydrogen) atoms. The molecule has 148 valence electrons. The number of nitrogens with one attached hydrogen (secondary N) is 1. The van der Waals surface area contributed by atoms with E-state index in [0.717, 1.165) is 50.7 Å². The van der Waals surface area contributed by atoms with Crippen molar-refractivity contribution in [3.8, 4) is 0 Å². The Bertz CT molecular complexity index is 740. The third kappa shape index (κ3) is 4.50. The zero-order chi connectivity index (χ0) is 19.2. The van der Waals surface area contributed by atoms with Crippen molar-refractivity contribution < 1.29 is 9.69 Å². The average molecular weight is 381 g/mol. The first kappa shape index (κ1) is 18.9. The van der Waals surface area contributed by atoms with Crippen molar-refractivity contribution in [2.75, 3.05) is 42.5 Å². The molecule has 1 saturated heterocycles. The van der Waals surface area contributed by atoms with Crippen LogP contribution in [0.25, 0.3) is 0 Å². The monoisotopic (exact) mass is 380 g/mol. The summed E-state index contributed by atoms with van der Waals surface area (Å²) in [5.41, 5.74) is 1.05. The molecule has 1 N–H and O–H groups in total. The number of hydrogen-bond acceptors (Lipinski definition) is 4. The first-order valence-electron chi connectivity index (χ1n) is 10.5. The number of carbonyl (C=O) groups excluding carboxylic acids is 1. The van der Waals surface area contributed by atoms with Gasteiger partial charge < -0.3 is 14.7 Å². The molecule has 0 atom stereocenters. The SMILES string of the molecule is O=C(C[NH+]1CCN(c2ncccn2)CC1)N(c1ccccc1)C1CCCCC1. The molecule has 1 saturated carbocycles. The molecule has 2 aliphatic rings. The second-order valence-electron chi connectivity index (χ2n) is 7.85. The Morgan fingerprint density at radius 2 is 1.68 bits per heavy atom. The van der Waals surface area contributed by atoms with Crippen molar-refractivity contribution in [1.82, 2.24) is 9.97 Å². The van der Waals surface area contributed by atoms with E-state index in [2.05, 4.69) is 31.9 Å². The largest absolute Gasteiger partial charge is 0.330 e. The van der Waals surface area contributed by atoms with Crippen molar-refractivity contribution in [3.05, 3.63) is 48.8 Å². The smallest absolute Gasteiger partial charge is 0.282 e. The Labute approximate surface area is 167 Å². The highest BCUT2D eigenvalue weighted by Gasteiger charge is 2.31. The fourth-order valence-corrected chi connectivity index (χ4v) is 4.44. The van der Waals surface area contributed by atoms with Crippen LogP contribution in [0.4, 0.5) is 11.6 Å². The fourth-order valence-electron chi connectivity index (χ4n) is 4.44. The predicted molar refractivity (Wildman–Crippen MR) is 111 cm³/mol. The predicted octanol–water partition coefficient (Wildman–Crippen LogP) is 1.55. The summed E-state index contributed by atoms with van der Waals surface area (Å²) in [4.78, 5) is 27.7. The summed E-state index contributed by atoms with van der Waals surface area (Å²) < 4.78 is 0. The first-order chi connectivity index (χ1) is 13.8. The molecule has 0 radical (unpaired) electrons. The second-order valence-corrected chi connectivity index (χ2v) is 7.85. The van der Waals surface area contributed by atoms with Gasteiger partial charge in [-0.05, 0) is 31.0 Å². The number of rotatable bonds is 5. The number of anilines is 2. The minimum atomic E-state index is 0.262. The van der Waals surface area contributed by atoms with E-state index < -0.39 is 0 Å². The van der Waals surface area contributed by atoms with Gasteiger partial charge in [-0.25, -0.2) is 9.97 Å². The molecule has 2 aromatic rings. The summed E-state index contributed by atoms with van der Waals surface area (Å²) in [7, 11) is 0. The van der Waals surface area contributed by atoms with Gasteiger partial charge in [0, 0.05) is 24.1 Å². The molecule has 0 spiro atoms. The van der Waals surface area contributed by atoms with Gasteiger partial charge in [-0.3, -0.25) is 4.79 Å². The molecule has 6 heteroatoms. The van der Waals surface area contributed by atoms with Crippen molar-refractivity contribution in [1.29, 1.82) is 0 Å². The molecule has 6 nitrogen and oxygen atoms in total. The standard InChI is InChI=1S/C22H29N5O/c28-21(18-25-14-16-26(17-15-25)22-23-12-7-13-24-22)27(19-8-3-1-4-9-19)20-10-5-2-6-11-20/h1,3-4,7-9,12-13,20H,2,5-6,10-11,14-18H2/p+1. The molecule has 2 fully saturated rings. The molecule has 4 rings (SSSR count). The van der Waals surface area contributed by atoms with Crippen LogP contribution in [0.5, 0.6) is 0 Å². The van der Waals surface area contributed by atoms with Crippen molar-refractivity contribution in [3.63, 3.8) is 0 Å². The highest BCUT2D eigenvalue weighted by molar-refractivity contribution is 5.94. The first-order valence-corrected chi connectivity index (χ1v) is 10.5. The van der Waals surface area contributed by atoms with Crippen LogP contribution in [0.2, 0.25) is 0 Å². The van der Waals surface area contributed by atoms with E-state index in [1.54, 1.807) is 12.4 Å². The van der Waals surface area contributed by atoms with Gasteiger partial charge in [0.15, 0.2) is 6.54 Å². The third-order valence-corrected chi connectivity index (χ3v) is 5.95. The van der Waals surface area contributed by atoms with Crippen LogP contribution >= 0.6 is 0 Å². The van der Waals surface area contributed by atoms with Crippen molar-refractivity contribution in [2.24, 2.45) is 0 Å². The highest BCUT2D eigenvalue weighted by Crippen LogP contribution is 2.27. The third-order valence-electron chi connectivity index (χ3n) is 5.95.